The first-order valence-corrected chi connectivity index (χ1v) is 7.11. The van der Waals surface area contributed by atoms with Crippen LogP contribution in [0.3, 0.4) is 0 Å². The molecule has 0 radical (unpaired) electrons. The minimum Gasteiger partial charge on any atom is -0.396 e. The van der Waals surface area contributed by atoms with Gasteiger partial charge in [-0.2, -0.15) is 0 Å². The van der Waals surface area contributed by atoms with Crippen molar-refractivity contribution in [3.05, 3.63) is 0 Å². The molecule has 0 aromatic heterocycles. The Morgan fingerprint density at radius 3 is 2.82 bits per heavy atom. The summed E-state index contributed by atoms with van der Waals surface area (Å²) in [6.45, 7) is 9.24. The van der Waals surface area contributed by atoms with E-state index in [-0.39, 0.29) is 0 Å². The smallest absolute Gasteiger partial charge is 0.0434 e. The van der Waals surface area contributed by atoms with Crippen molar-refractivity contribution in [2.75, 3.05) is 32.8 Å². The van der Waals surface area contributed by atoms with E-state index in [0.29, 0.717) is 12.0 Å². The van der Waals surface area contributed by atoms with Gasteiger partial charge in [-0.25, -0.2) is 0 Å². The normalized spacial score (nSPS) is 22.9. The van der Waals surface area contributed by atoms with E-state index >= 15 is 0 Å². The Balaban J connectivity index is 2.18. The zero-order valence-corrected chi connectivity index (χ0v) is 11.6. The fourth-order valence-electron chi connectivity index (χ4n) is 2.66. The Hall–Kier alpha value is -0.120. The van der Waals surface area contributed by atoms with Gasteiger partial charge in [0.15, 0.2) is 0 Å². The SMILES string of the molecule is CC(C)(CN)CCCN1CCCC(CCO)C1. The van der Waals surface area contributed by atoms with E-state index in [0.717, 1.165) is 18.9 Å². The molecule has 3 N–H and O–H groups in total. The molecular formula is C14H30N2O. The molecule has 1 aliphatic rings. The second-order valence-corrected chi connectivity index (χ2v) is 6.29. The molecule has 0 saturated carbocycles. The van der Waals surface area contributed by atoms with Crippen LogP contribution in [0.2, 0.25) is 0 Å². The van der Waals surface area contributed by atoms with Crippen LogP contribution in [-0.4, -0.2) is 42.8 Å². The third kappa shape index (κ3) is 5.84. The maximum Gasteiger partial charge on any atom is 0.0434 e. The molecular weight excluding hydrogens is 212 g/mol. The predicted molar refractivity (Wildman–Crippen MR) is 72.9 cm³/mol. The molecule has 1 saturated heterocycles. The van der Waals surface area contributed by atoms with Gasteiger partial charge in [-0.1, -0.05) is 13.8 Å². The average molecular weight is 242 g/mol. The highest BCUT2D eigenvalue weighted by Crippen LogP contribution is 2.23. The second kappa shape index (κ2) is 7.34. The summed E-state index contributed by atoms with van der Waals surface area (Å²) in [4.78, 5) is 2.57. The predicted octanol–water partition coefficient (Wildman–Crippen LogP) is 1.85. The van der Waals surface area contributed by atoms with Crippen LogP contribution in [0.15, 0.2) is 0 Å². The van der Waals surface area contributed by atoms with Crippen molar-refractivity contribution >= 4 is 0 Å². The largest absolute Gasteiger partial charge is 0.396 e. The van der Waals surface area contributed by atoms with Crippen LogP contribution in [0.5, 0.6) is 0 Å². The van der Waals surface area contributed by atoms with Gasteiger partial charge in [0.1, 0.15) is 0 Å². The average Bonchev–Trinajstić information content (AvgIpc) is 2.30. The summed E-state index contributed by atoms with van der Waals surface area (Å²) in [5.74, 6) is 0.719. The summed E-state index contributed by atoms with van der Waals surface area (Å²) < 4.78 is 0. The minimum absolute atomic E-state index is 0.292. The molecule has 0 spiro atoms. The summed E-state index contributed by atoms with van der Waals surface area (Å²) in [6.07, 6.45) is 6.03. The maximum absolute atomic E-state index is 8.99. The minimum atomic E-state index is 0.292. The Morgan fingerprint density at radius 1 is 1.41 bits per heavy atom. The first-order chi connectivity index (χ1) is 8.07. The number of nitrogens with two attached hydrogens (primary N) is 1. The van der Waals surface area contributed by atoms with Crippen molar-refractivity contribution in [1.29, 1.82) is 0 Å². The summed E-state index contributed by atoms with van der Waals surface area (Å²) in [6, 6.07) is 0. The lowest BCUT2D eigenvalue weighted by molar-refractivity contribution is 0.142. The van der Waals surface area contributed by atoms with Gasteiger partial charge in [0.25, 0.3) is 0 Å². The lowest BCUT2D eigenvalue weighted by atomic mass is 9.87. The van der Waals surface area contributed by atoms with E-state index in [4.69, 9.17) is 10.8 Å². The number of hydrogen-bond donors (Lipinski definition) is 2. The molecule has 1 unspecified atom stereocenters. The molecule has 1 heterocycles. The highest BCUT2D eigenvalue weighted by Gasteiger charge is 2.20. The van der Waals surface area contributed by atoms with Crippen LogP contribution in [0.1, 0.15) is 46.0 Å². The zero-order valence-electron chi connectivity index (χ0n) is 11.6. The summed E-state index contributed by atoms with van der Waals surface area (Å²) in [7, 11) is 0. The van der Waals surface area contributed by atoms with E-state index in [9.17, 15) is 0 Å². The van der Waals surface area contributed by atoms with Crippen LogP contribution < -0.4 is 5.73 Å². The van der Waals surface area contributed by atoms with E-state index in [1.165, 1.54) is 45.3 Å². The van der Waals surface area contributed by atoms with Gasteiger partial charge in [-0.3, -0.25) is 0 Å². The number of aliphatic hydroxyl groups excluding tert-OH is 1. The summed E-state index contributed by atoms with van der Waals surface area (Å²) >= 11 is 0. The number of rotatable bonds is 7. The molecule has 0 aromatic rings. The highest BCUT2D eigenvalue weighted by molar-refractivity contribution is 4.75. The molecule has 0 bridgehead atoms. The van der Waals surface area contributed by atoms with Gasteiger partial charge < -0.3 is 15.7 Å². The molecule has 1 atom stereocenters. The van der Waals surface area contributed by atoms with E-state index in [1.54, 1.807) is 0 Å². The first kappa shape index (κ1) is 14.9. The van der Waals surface area contributed by atoms with Crippen LogP contribution in [-0.2, 0) is 0 Å². The number of likely N-dealkylation sites (tertiary alicyclic amines) is 1. The van der Waals surface area contributed by atoms with Gasteiger partial charge in [0.05, 0.1) is 0 Å². The monoisotopic (exact) mass is 242 g/mol. The summed E-state index contributed by atoms with van der Waals surface area (Å²) in [5.41, 5.74) is 6.04. The van der Waals surface area contributed by atoms with E-state index in [1.807, 2.05) is 0 Å². The van der Waals surface area contributed by atoms with Crippen LogP contribution >= 0.6 is 0 Å². The Morgan fingerprint density at radius 2 is 2.18 bits per heavy atom. The molecule has 0 aromatic carbocycles. The van der Waals surface area contributed by atoms with Gasteiger partial charge >= 0.3 is 0 Å². The van der Waals surface area contributed by atoms with Crippen molar-refractivity contribution in [3.63, 3.8) is 0 Å². The number of hydrogen-bond acceptors (Lipinski definition) is 3. The second-order valence-electron chi connectivity index (χ2n) is 6.29. The maximum atomic E-state index is 8.99. The molecule has 1 fully saturated rings. The van der Waals surface area contributed by atoms with Crippen molar-refractivity contribution in [3.8, 4) is 0 Å². The number of nitrogens with zero attached hydrogens (tertiary/aromatic N) is 1. The van der Waals surface area contributed by atoms with Crippen LogP contribution in [0, 0.1) is 11.3 Å². The fraction of sp³-hybridized carbons (Fsp3) is 1.00. The Bertz CT molecular complexity index is 204. The molecule has 0 aliphatic carbocycles. The standard InChI is InChI=1S/C14H30N2O/c1-14(2,12-15)7-4-9-16-8-3-5-13(11-16)6-10-17/h13,17H,3-12,15H2,1-2H3. The van der Waals surface area contributed by atoms with Crippen molar-refractivity contribution in [1.82, 2.24) is 4.90 Å². The number of aliphatic hydroxyl groups is 1. The molecule has 17 heavy (non-hydrogen) atoms. The van der Waals surface area contributed by atoms with Crippen LogP contribution in [0.4, 0.5) is 0 Å². The fourth-order valence-corrected chi connectivity index (χ4v) is 2.66. The Kier molecular flexibility index (Phi) is 6.45. The number of piperidine rings is 1. The third-order valence-corrected chi connectivity index (χ3v) is 4.02. The third-order valence-electron chi connectivity index (χ3n) is 4.02. The molecule has 1 aliphatic heterocycles. The summed E-state index contributed by atoms with van der Waals surface area (Å²) in [5, 5.41) is 8.99. The van der Waals surface area contributed by atoms with E-state index < -0.39 is 0 Å². The van der Waals surface area contributed by atoms with Crippen LogP contribution in [0.25, 0.3) is 0 Å². The topological polar surface area (TPSA) is 49.5 Å². The molecule has 102 valence electrons. The van der Waals surface area contributed by atoms with E-state index in [2.05, 4.69) is 18.7 Å². The lowest BCUT2D eigenvalue weighted by Crippen LogP contribution is -2.37. The molecule has 3 heteroatoms. The first-order valence-electron chi connectivity index (χ1n) is 7.11. The van der Waals surface area contributed by atoms with Crippen molar-refractivity contribution in [2.45, 2.75) is 46.0 Å². The zero-order chi connectivity index (χ0) is 12.7. The molecule has 1 rings (SSSR count). The van der Waals surface area contributed by atoms with Crippen molar-refractivity contribution < 1.29 is 5.11 Å². The lowest BCUT2D eigenvalue weighted by Gasteiger charge is -2.33. The quantitative estimate of drug-likeness (QED) is 0.716. The van der Waals surface area contributed by atoms with Gasteiger partial charge in [0, 0.05) is 13.2 Å². The molecule has 0 amide bonds. The van der Waals surface area contributed by atoms with Gasteiger partial charge in [-0.05, 0) is 63.1 Å². The Labute approximate surface area is 106 Å². The molecule has 3 nitrogen and oxygen atoms in total. The van der Waals surface area contributed by atoms with Gasteiger partial charge in [-0.15, -0.1) is 0 Å². The van der Waals surface area contributed by atoms with Gasteiger partial charge in [0.2, 0.25) is 0 Å². The van der Waals surface area contributed by atoms with Crippen molar-refractivity contribution in [2.24, 2.45) is 17.1 Å². The highest BCUT2D eigenvalue weighted by atomic mass is 16.3.